The molecule has 4 rings (SSSR count). The molecule has 4 aromatic rings. The van der Waals surface area contributed by atoms with Gasteiger partial charge in [0.15, 0.2) is 5.78 Å². The fraction of sp³-hybridized carbons (Fsp3) is 0.324. The molecule has 0 fully saturated rings. The first-order valence-corrected chi connectivity index (χ1v) is 15.2. The fourth-order valence-electron chi connectivity index (χ4n) is 5.44. The number of nitrogens with one attached hydrogen (secondary N) is 1. The fourth-order valence-corrected chi connectivity index (χ4v) is 5.44. The SMILES string of the molecule is CC(C)Cc1ccc(C(Nc2ccc(C(=O)c3cn(CCCC(=O)O)cc3C(=O)O)cc2)c2ccc(CC(C)C)cc2)cc1. The average Bonchev–Trinajstić information content (AvgIpc) is 3.41. The van der Waals surface area contributed by atoms with Crippen LogP contribution in [0, 0.1) is 11.8 Å². The van der Waals surface area contributed by atoms with E-state index in [-0.39, 0.29) is 23.6 Å². The van der Waals surface area contributed by atoms with E-state index in [1.54, 1.807) is 16.7 Å². The van der Waals surface area contributed by atoms with Crippen molar-refractivity contribution in [1.29, 1.82) is 0 Å². The molecular formula is C37H42N2O5. The Bertz CT molecular complexity index is 1510. The van der Waals surface area contributed by atoms with Gasteiger partial charge in [-0.1, -0.05) is 76.2 Å². The lowest BCUT2D eigenvalue weighted by Crippen LogP contribution is -2.13. The zero-order valence-electron chi connectivity index (χ0n) is 25.9. The van der Waals surface area contributed by atoms with Gasteiger partial charge >= 0.3 is 11.9 Å². The van der Waals surface area contributed by atoms with E-state index in [0.29, 0.717) is 30.4 Å². The Labute approximate surface area is 259 Å². The number of ketones is 1. The maximum atomic E-state index is 13.4. The molecule has 7 nitrogen and oxygen atoms in total. The number of benzene rings is 3. The lowest BCUT2D eigenvalue weighted by Gasteiger charge is -2.22. The summed E-state index contributed by atoms with van der Waals surface area (Å²) in [5, 5.41) is 22.2. The number of aryl methyl sites for hydroxylation is 1. The zero-order valence-corrected chi connectivity index (χ0v) is 25.9. The largest absolute Gasteiger partial charge is 0.481 e. The van der Waals surface area contributed by atoms with Crippen LogP contribution in [0.2, 0.25) is 0 Å². The summed E-state index contributed by atoms with van der Waals surface area (Å²) in [7, 11) is 0. The van der Waals surface area contributed by atoms with Gasteiger partial charge < -0.3 is 20.1 Å². The minimum atomic E-state index is -1.20. The third-order valence-electron chi connectivity index (χ3n) is 7.53. The molecule has 1 aromatic heterocycles. The molecule has 0 saturated carbocycles. The second kappa shape index (κ2) is 14.7. The van der Waals surface area contributed by atoms with Crippen LogP contribution in [0.15, 0.2) is 85.2 Å². The van der Waals surface area contributed by atoms with Crippen LogP contribution in [-0.2, 0) is 24.2 Å². The van der Waals surface area contributed by atoms with Gasteiger partial charge in [-0.2, -0.15) is 0 Å². The maximum Gasteiger partial charge on any atom is 0.337 e. The molecule has 3 N–H and O–H groups in total. The molecule has 7 heteroatoms. The molecule has 230 valence electrons. The van der Waals surface area contributed by atoms with Gasteiger partial charge in [0.25, 0.3) is 0 Å². The summed E-state index contributed by atoms with van der Waals surface area (Å²) < 4.78 is 1.57. The smallest absolute Gasteiger partial charge is 0.337 e. The molecule has 0 atom stereocenters. The minimum Gasteiger partial charge on any atom is -0.481 e. The van der Waals surface area contributed by atoms with E-state index in [4.69, 9.17) is 5.11 Å². The molecular weight excluding hydrogens is 552 g/mol. The van der Waals surface area contributed by atoms with Crippen LogP contribution in [0.3, 0.4) is 0 Å². The minimum absolute atomic E-state index is 0.0382. The molecule has 0 unspecified atom stereocenters. The number of carboxylic acid groups (broad SMARTS) is 2. The summed E-state index contributed by atoms with van der Waals surface area (Å²) in [4.78, 5) is 36.1. The van der Waals surface area contributed by atoms with Crippen molar-refractivity contribution in [3.8, 4) is 0 Å². The maximum absolute atomic E-state index is 13.4. The highest BCUT2D eigenvalue weighted by Gasteiger charge is 2.21. The van der Waals surface area contributed by atoms with E-state index in [2.05, 4.69) is 81.5 Å². The Hall–Kier alpha value is -4.65. The van der Waals surface area contributed by atoms with E-state index in [1.807, 2.05) is 12.1 Å². The summed E-state index contributed by atoms with van der Waals surface area (Å²) in [6.07, 6.45) is 5.21. The van der Waals surface area contributed by atoms with E-state index >= 15 is 0 Å². The standard InChI is InChI=1S/C37H42N2O5/c1-24(2)20-26-7-11-28(12-8-26)35(29-13-9-27(10-14-29)21-25(3)4)38-31-17-15-30(16-18-31)36(42)32-22-39(19-5-6-34(40)41)23-33(32)37(43)44/h7-18,22-25,35,38H,5-6,19-21H2,1-4H3,(H,40,41)(H,43,44). The lowest BCUT2D eigenvalue weighted by atomic mass is 9.93. The van der Waals surface area contributed by atoms with Crippen molar-refractivity contribution in [2.24, 2.45) is 11.8 Å². The Morgan fingerprint density at radius 1 is 0.705 bits per heavy atom. The van der Waals surface area contributed by atoms with Crippen molar-refractivity contribution >= 4 is 23.4 Å². The van der Waals surface area contributed by atoms with Gasteiger partial charge in [-0.3, -0.25) is 9.59 Å². The predicted octanol–water partition coefficient (Wildman–Crippen LogP) is 7.88. The normalized spacial score (nSPS) is 11.3. The molecule has 0 aliphatic heterocycles. The molecule has 44 heavy (non-hydrogen) atoms. The van der Waals surface area contributed by atoms with E-state index in [0.717, 1.165) is 29.7 Å². The van der Waals surface area contributed by atoms with Gasteiger partial charge in [-0.25, -0.2) is 4.79 Å². The number of carbonyl (C=O) groups is 3. The molecule has 0 spiro atoms. The second-order valence-electron chi connectivity index (χ2n) is 12.3. The average molecular weight is 595 g/mol. The molecule has 0 saturated heterocycles. The monoisotopic (exact) mass is 594 g/mol. The summed E-state index contributed by atoms with van der Waals surface area (Å²) in [6, 6.07) is 24.4. The van der Waals surface area contributed by atoms with Crippen molar-refractivity contribution < 1.29 is 24.6 Å². The Balaban J connectivity index is 1.57. The van der Waals surface area contributed by atoms with Gasteiger partial charge in [0.1, 0.15) is 0 Å². The van der Waals surface area contributed by atoms with Gasteiger partial charge in [0, 0.05) is 36.6 Å². The van der Waals surface area contributed by atoms with Gasteiger partial charge in [-0.05, 0) is 77.6 Å². The van der Waals surface area contributed by atoms with Crippen LogP contribution in [0.1, 0.15) is 95.1 Å². The zero-order chi connectivity index (χ0) is 31.8. The molecule has 3 aromatic carbocycles. The van der Waals surface area contributed by atoms with Crippen LogP contribution in [0.4, 0.5) is 5.69 Å². The molecule has 0 amide bonds. The van der Waals surface area contributed by atoms with Crippen LogP contribution < -0.4 is 5.32 Å². The number of rotatable bonds is 15. The van der Waals surface area contributed by atoms with Crippen molar-refractivity contribution in [2.75, 3.05) is 5.32 Å². The van der Waals surface area contributed by atoms with E-state index in [9.17, 15) is 19.5 Å². The molecule has 1 heterocycles. The Morgan fingerprint density at radius 3 is 1.66 bits per heavy atom. The van der Waals surface area contributed by atoms with Crippen LogP contribution in [-0.4, -0.2) is 32.5 Å². The number of aliphatic carboxylic acids is 1. The summed E-state index contributed by atoms with van der Waals surface area (Å²) in [5.74, 6) is -1.37. The lowest BCUT2D eigenvalue weighted by molar-refractivity contribution is -0.137. The van der Waals surface area contributed by atoms with Gasteiger partial charge in [0.05, 0.1) is 17.2 Å². The highest BCUT2D eigenvalue weighted by atomic mass is 16.4. The first-order valence-electron chi connectivity index (χ1n) is 15.2. The predicted molar refractivity (Wildman–Crippen MR) is 174 cm³/mol. The quantitative estimate of drug-likeness (QED) is 0.121. The highest BCUT2D eigenvalue weighted by Crippen LogP contribution is 2.29. The number of aromatic nitrogens is 1. The number of hydrogen-bond acceptors (Lipinski definition) is 4. The Morgan fingerprint density at radius 2 is 1.20 bits per heavy atom. The third kappa shape index (κ3) is 8.69. The van der Waals surface area contributed by atoms with Crippen molar-refractivity contribution in [3.05, 3.63) is 124 Å². The number of carbonyl (C=O) groups excluding carboxylic acids is 1. The molecule has 0 aliphatic carbocycles. The van der Waals surface area contributed by atoms with E-state index in [1.165, 1.54) is 23.5 Å². The second-order valence-corrected chi connectivity index (χ2v) is 12.3. The van der Waals surface area contributed by atoms with Crippen LogP contribution >= 0.6 is 0 Å². The molecule has 0 bridgehead atoms. The van der Waals surface area contributed by atoms with Crippen molar-refractivity contribution in [2.45, 2.75) is 66.0 Å². The van der Waals surface area contributed by atoms with Gasteiger partial charge in [-0.15, -0.1) is 0 Å². The summed E-state index contributed by atoms with van der Waals surface area (Å²) in [6.45, 7) is 9.16. The molecule has 0 radical (unpaired) electrons. The third-order valence-corrected chi connectivity index (χ3v) is 7.53. The number of aromatic carboxylic acids is 1. The highest BCUT2D eigenvalue weighted by molar-refractivity contribution is 6.14. The summed E-state index contributed by atoms with van der Waals surface area (Å²) >= 11 is 0. The summed E-state index contributed by atoms with van der Waals surface area (Å²) in [5.41, 5.74) is 6.03. The number of nitrogens with zero attached hydrogens (tertiary/aromatic N) is 1. The Kier molecular flexibility index (Phi) is 10.8. The van der Waals surface area contributed by atoms with Gasteiger partial charge in [0.2, 0.25) is 0 Å². The van der Waals surface area contributed by atoms with E-state index < -0.39 is 17.7 Å². The first kappa shape index (κ1) is 32.3. The number of hydrogen-bond donors (Lipinski definition) is 3. The van der Waals surface area contributed by atoms with Crippen molar-refractivity contribution in [1.82, 2.24) is 4.57 Å². The number of carboxylic acids is 2. The van der Waals surface area contributed by atoms with Crippen LogP contribution in [0.25, 0.3) is 0 Å². The first-order chi connectivity index (χ1) is 21.0. The van der Waals surface area contributed by atoms with Crippen LogP contribution in [0.5, 0.6) is 0 Å². The molecule has 0 aliphatic rings. The topological polar surface area (TPSA) is 109 Å². The van der Waals surface area contributed by atoms with Crippen molar-refractivity contribution in [3.63, 3.8) is 0 Å². The number of anilines is 1.